The first kappa shape index (κ1) is 17.4. The lowest BCUT2D eigenvalue weighted by atomic mass is 10.1. The van der Waals surface area contributed by atoms with E-state index in [1.54, 1.807) is 0 Å². The van der Waals surface area contributed by atoms with Crippen molar-refractivity contribution in [3.05, 3.63) is 64.2 Å². The molecule has 23 heavy (non-hydrogen) atoms. The molecule has 122 valence electrons. The monoisotopic (exact) mass is 329 g/mol. The standard InChI is InChI=1S/C19H23NO2S/c1-13-8-9-14(2)17(10-13)11-23(22)12-18(21)20-19-15(3)6-5-7-16(19)4/h5-10H,11-12H2,1-4H3,(H,20,21)/t23-/m0/s1. The molecular weight excluding hydrogens is 306 g/mol. The number of amides is 1. The van der Waals surface area contributed by atoms with Crippen molar-refractivity contribution >= 4 is 22.4 Å². The molecule has 2 rings (SSSR count). The number of anilines is 1. The van der Waals surface area contributed by atoms with Gasteiger partial charge in [-0.3, -0.25) is 9.00 Å². The molecule has 2 aromatic rings. The molecule has 4 heteroatoms. The van der Waals surface area contributed by atoms with E-state index in [0.29, 0.717) is 5.75 Å². The Balaban J connectivity index is 2.00. The van der Waals surface area contributed by atoms with Gasteiger partial charge in [0.05, 0.1) is 0 Å². The van der Waals surface area contributed by atoms with E-state index in [-0.39, 0.29) is 11.7 Å². The Hall–Kier alpha value is -1.94. The first-order chi connectivity index (χ1) is 10.9. The maximum atomic E-state index is 12.3. The van der Waals surface area contributed by atoms with Crippen LogP contribution in [0.3, 0.4) is 0 Å². The van der Waals surface area contributed by atoms with Gasteiger partial charge < -0.3 is 5.32 Å². The summed E-state index contributed by atoms with van der Waals surface area (Å²) >= 11 is 0. The summed E-state index contributed by atoms with van der Waals surface area (Å²) in [5.74, 6) is 0.223. The molecule has 0 unspecified atom stereocenters. The van der Waals surface area contributed by atoms with Crippen LogP contribution in [0.5, 0.6) is 0 Å². The third-order valence-corrected chi connectivity index (χ3v) is 5.08. The Bertz CT molecular complexity index is 733. The summed E-state index contributed by atoms with van der Waals surface area (Å²) in [4.78, 5) is 12.2. The molecule has 0 saturated heterocycles. The number of rotatable bonds is 5. The van der Waals surface area contributed by atoms with Crippen molar-refractivity contribution in [3.63, 3.8) is 0 Å². The van der Waals surface area contributed by atoms with Crippen molar-refractivity contribution in [1.29, 1.82) is 0 Å². The maximum Gasteiger partial charge on any atom is 0.237 e. The van der Waals surface area contributed by atoms with Crippen molar-refractivity contribution in [2.24, 2.45) is 0 Å². The van der Waals surface area contributed by atoms with Crippen molar-refractivity contribution in [3.8, 4) is 0 Å². The molecule has 0 bridgehead atoms. The van der Waals surface area contributed by atoms with Crippen molar-refractivity contribution in [1.82, 2.24) is 0 Å². The molecule has 1 amide bonds. The van der Waals surface area contributed by atoms with Crippen molar-refractivity contribution in [2.45, 2.75) is 33.4 Å². The van der Waals surface area contributed by atoms with Crippen molar-refractivity contribution in [2.75, 3.05) is 11.1 Å². The van der Waals surface area contributed by atoms with E-state index in [9.17, 15) is 9.00 Å². The number of benzene rings is 2. The number of para-hydroxylation sites is 1. The highest BCUT2D eigenvalue weighted by molar-refractivity contribution is 7.84. The zero-order valence-electron chi connectivity index (χ0n) is 14.1. The molecule has 1 N–H and O–H groups in total. The van der Waals surface area contributed by atoms with Crippen LogP contribution >= 0.6 is 0 Å². The van der Waals surface area contributed by atoms with Gasteiger partial charge in [0.1, 0.15) is 5.75 Å². The lowest BCUT2D eigenvalue weighted by Crippen LogP contribution is -2.21. The molecular formula is C19H23NO2S. The Morgan fingerprint density at radius 1 is 1.00 bits per heavy atom. The fraction of sp³-hybridized carbons (Fsp3) is 0.316. The summed E-state index contributed by atoms with van der Waals surface area (Å²) in [6.07, 6.45) is 0. The van der Waals surface area contributed by atoms with Gasteiger partial charge in [-0.15, -0.1) is 0 Å². The average Bonchev–Trinajstić information content (AvgIpc) is 2.47. The lowest BCUT2D eigenvalue weighted by Gasteiger charge is -2.12. The van der Waals surface area contributed by atoms with E-state index >= 15 is 0 Å². The highest BCUT2D eigenvalue weighted by atomic mass is 32.2. The minimum atomic E-state index is -1.22. The van der Waals surface area contributed by atoms with Crippen LogP contribution in [0.4, 0.5) is 5.69 Å². The van der Waals surface area contributed by atoms with Crippen LogP contribution in [0.25, 0.3) is 0 Å². The summed E-state index contributed by atoms with van der Waals surface area (Å²) < 4.78 is 12.3. The third kappa shape index (κ3) is 4.76. The normalized spacial score (nSPS) is 12.0. The number of hydrogen-bond donors (Lipinski definition) is 1. The Morgan fingerprint density at radius 2 is 1.65 bits per heavy atom. The first-order valence-corrected chi connectivity index (χ1v) is 9.13. The Labute approximate surface area is 140 Å². The fourth-order valence-corrected chi connectivity index (χ4v) is 3.64. The zero-order valence-corrected chi connectivity index (χ0v) is 14.9. The molecule has 0 aliphatic rings. The average molecular weight is 329 g/mol. The summed E-state index contributed by atoms with van der Waals surface area (Å²) in [6, 6.07) is 12.0. The molecule has 0 heterocycles. The van der Waals surface area contributed by atoms with Crippen LogP contribution in [0.2, 0.25) is 0 Å². The van der Waals surface area contributed by atoms with E-state index in [4.69, 9.17) is 0 Å². The predicted octanol–water partition coefficient (Wildman–Crippen LogP) is 3.81. The van der Waals surface area contributed by atoms with Gasteiger partial charge in [0.2, 0.25) is 5.91 Å². The lowest BCUT2D eigenvalue weighted by molar-refractivity contribution is -0.113. The molecule has 0 aromatic heterocycles. The topological polar surface area (TPSA) is 46.2 Å². The number of carbonyl (C=O) groups is 1. The minimum absolute atomic E-state index is 0.0150. The second-order valence-corrected chi connectivity index (χ2v) is 7.43. The number of nitrogens with one attached hydrogen (secondary N) is 1. The summed E-state index contributed by atoms with van der Waals surface area (Å²) in [6.45, 7) is 7.92. The van der Waals surface area contributed by atoms with E-state index in [1.165, 1.54) is 0 Å². The van der Waals surface area contributed by atoms with Gasteiger partial charge in [0.25, 0.3) is 0 Å². The van der Waals surface area contributed by atoms with Crippen LogP contribution in [-0.4, -0.2) is 15.9 Å². The van der Waals surface area contributed by atoms with Crippen LogP contribution in [0.15, 0.2) is 36.4 Å². The van der Waals surface area contributed by atoms with Gasteiger partial charge in [0.15, 0.2) is 0 Å². The van der Waals surface area contributed by atoms with Gasteiger partial charge in [-0.05, 0) is 49.9 Å². The predicted molar refractivity (Wildman–Crippen MR) is 97.2 cm³/mol. The largest absolute Gasteiger partial charge is 0.325 e. The zero-order chi connectivity index (χ0) is 17.0. The van der Waals surface area contributed by atoms with Gasteiger partial charge in [-0.25, -0.2) is 0 Å². The summed E-state index contributed by atoms with van der Waals surface area (Å²) in [5, 5.41) is 2.89. The highest BCUT2D eigenvalue weighted by Crippen LogP contribution is 2.19. The van der Waals surface area contributed by atoms with Crippen molar-refractivity contribution < 1.29 is 9.00 Å². The van der Waals surface area contributed by atoms with Crippen LogP contribution in [-0.2, 0) is 21.3 Å². The van der Waals surface area contributed by atoms with E-state index in [2.05, 4.69) is 5.32 Å². The molecule has 0 fully saturated rings. The molecule has 3 nitrogen and oxygen atoms in total. The second-order valence-electron chi connectivity index (χ2n) is 5.97. The van der Waals surface area contributed by atoms with E-state index < -0.39 is 10.8 Å². The smallest absolute Gasteiger partial charge is 0.237 e. The highest BCUT2D eigenvalue weighted by Gasteiger charge is 2.12. The molecule has 0 aliphatic carbocycles. The van der Waals surface area contributed by atoms with Crippen LogP contribution < -0.4 is 5.32 Å². The van der Waals surface area contributed by atoms with Gasteiger partial charge >= 0.3 is 0 Å². The van der Waals surface area contributed by atoms with Gasteiger partial charge in [-0.2, -0.15) is 0 Å². The number of hydrogen-bond acceptors (Lipinski definition) is 2. The summed E-state index contributed by atoms with van der Waals surface area (Å²) in [7, 11) is -1.22. The van der Waals surface area contributed by atoms with Gasteiger partial charge in [0, 0.05) is 22.2 Å². The first-order valence-electron chi connectivity index (χ1n) is 7.64. The minimum Gasteiger partial charge on any atom is -0.325 e. The molecule has 0 saturated carbocycles. The molecule has 0 spiro atoms. The molecule has 2 aromatic carbocycles. The maximum absolute atomic E-state index is 12.3. The number of carbonyl (C=O) groups excluding carboxylic acids is 1. The van der Waals surface area contributed by atoms with Crippen LogP contribution in [0, 0.1) is 27.7 Å². The second kappa shape index (κ2) is 7.55. The van der Waals surface area contributed by atoms with Crippen LogP contribution in [0.1, 0.15) is 27.8 Å². The van der Waals surface area contributed by atoms with Gasteiger partial charge in [-0.1, -0.05) is 42.0 Å². The Kier molecular flexibility index (Phi) is 5.72. The number of aryl methyl sites for hydroxylation is 4. The molecule has 0 aliphatic heterocycles. The van der Waals surface area contributed by atoms with E-state index in [1.807, 2.05) is 64.1 Å². The fourth-order valence-electron chi connectivity index (χ4n) is 2.51. The molecule has 0 radical (unpaired) electrons. The third-order valence-electron chi connectivity index (χ3n) is 3.86. The SMILES string of the molecule is Cc1ccc(C)c(C[S@](=O)CC(=O)Nc2c(C)cccc2C)c1. The van der Waals surface area contributed by atoms with E-state index in [0.717, 1.165) is 33.5 Å². The quantitative estimate of drug-likeness (QED) is 0.907. The molecule has 1 atom stereocenters. The Morgan fingerprint density at radius 3 is 2.30 bits per heavy atom. The summed E-state index contributed by atoms with van der Waals surface area (Å²) in [5.41, 5.74) is 6.14.